The molecule has 196 valence electrons. The highest BCUT2D eigenvalue weighted by Gasteiger charge is 2.28. The molecule has 4 rings (SSSR count). The average molecular weight is 525 g/mol. The van der Waals surface area contributed by atoms with Crippen LogP contribution in [-0.2, 0) is 11.4 Å². The van der Waals surface area contributed by atoms with E-state index in [-0.39, 0.29) is 17.3 Å². The van der Waals surface area contributed by atoms with Gasteiger partial charge in [-0.2, -0.15) is 18.3 Å². The number of aliphatic hydroxyl groups excluding tert-OH is 1. The van der Waals surface area contributed by atoms with Crippen molar-refractivity contribution in [1.82, 2.24) is 19.9 Å². The van der Waals surface area contributed by atoms with E-state index in [1.165, 1.54) is 23.0 Å². The molecule has 9 nitrogen and oxygen atoms in total. The van der Waals surface area contributed by atoms with Crippen molar-refractivity contribution in [3.05, 3.63) is 78.3 Å². The molecule has 0 radical (unpaired) electrons. The van der Waals surface area contributed by atoms with Gasteiger partial charge in [-0.05, 0) is 42.3 Å². The van der Waals surface area contributed by atoms with Gasteiger partial charge in [0.1, 0.15) is 18.4 Å². The van der Waals surface area contributed by atoms with Crippen molar-refractivity contribution in [2.75, 3.05) is 17.6 Å². The van der Waals surface area contributed by atoms with Crippen LogP contribution in [-0.4, -0.2) is 44.2 Å². The molecule has 5 N–H and O–H groups in total. The van der Waals surface area contributed by atoms with Crippen molar-refractivity contribution in [3.63, 3.8) is 0 Å². The van der Waals surface area contributed by atoms with E-state index in [2.05, 4.69) is 22.0 Å². The summed E-state index contributed by atoms with van der Waals surface area (Å²) in [5, 5.41) is 19.1. The van der Waals surface area contributed by atoms with Gasteiger partial charge in [-0.1, -0.05) is 30.8 Å². The Morgan fingerprint density at radius 3 is 2.24 bits per heavy atom. The summed E-state index contributed by atoms with van der Waals surface area (Å²) in [6, 6.07) is 12.8. The second-order valence-corrected chi connectivity index (χ2v) is 8.45. The van der Waals surface area contributed by atoms with Gasteiger partial charge in [-0.3, -0.25) is 9.59 Å². The Morgan fingerprint density at radius 1 is 1.05 bits per heavy atom. The predicted molar refractivity (Wildman–Crippen MR) is 136 cm³/mol. The van der Waals surface area contributed by atoms with E-state index in [4.69, 9.17) is 5.73 Å². The number of aromatic nitrogens is 3. The van der Waals surface area contributed by atoms with Crippen LogP contribution in [0.2, 0.25) is 0 Å². The number of benzene rings is 2. The van der Waals surface area contributed by atoms with Gasteiger partial charge in [0.15, 0.2) is 5.82 Å². The van der Waals surface area contributed by atoms with E-state index < -0.39 is 25.2 Å². The predicted octanol–water partition coefficient (Wildman–Crippen LogP) is 3.94. The zero-order valence-corrected chi connectivity index (χ0v) is 20.1. The number of nitrogens with one attached hydrogen (secondary N) is 2. The Hall–Kier alpha value is -4.71. The fraction of sp³-hybridized carbons (Fsp3) is 0.154. The summed E-state index contributed by atoms with van der Waals surface area (Å²) in [4.78, 5) is 28.2. The Bertz CT molecular complexity index is 1530. The minimum atomic E-state index is -4.53. The standard InChI is InChI=1S/C26H23F3N6O3/c1-14(2)24(37)34-18-9-7-15(8-10-18)20-19(11-36)35-22(23(30)32-13-33-35)21(20)16-3-5-17(6-4-16)25(38)31-12-26(27,28)29/h3-10,13,36H,1,11-12H2,2H3,(H,31,38)(H,34,37)(H2,30,32,33). The topological polar surface area (TPSA) is 135 Å². The van der Waals surface area contributed by atoms with Gasteiger partial charge in [-0.15, -0.1) is 0 Å². The van der Waals surface area contributed by atoms with E-state index in [1.807, 2.05) is 5.32 Å². The maximum Gasteiger partial charge on any atom is 0.405 e. The molecule has 0 saturated carbocycles. The van der Waals surface area contributed by atoms with Crippen molar-refractivity contribution in [1.29, 1.82) is 0 Å². The van der Waals surface area contributed by atoms with E-state index >= 15 is 0 Å². The monoisotopic (exact) mass is 524 g/mol. The molecule has 0 fully saturated rings. The number of aliphatic hydroxyl groups is 1. The summed E-state index contributed by atoms with van der Waals surface area (Å²) < 4.78 is 38.9. The van der Waals surface area contributed by atoms with Crippen LogP contribution in [0, 0.1) is 0 Å². The molecule has 0 atom stereocenters. The van der Waals surface area contributed by atoms with E-state index in [0.29, 0.717) is 44.7 Å². The van der Waals surface area contributed by atoms with Crippen LogP contribution in [0.4, 0.5) is 24.7 Å². The largest absolute Gasteiger partial charge is 0.405 e. The Morgan fingerprint density at radius 2 is 1.66 bits per heavy atom. The highest BCUT2D eigenvalue weighted by molar-refractivity contribution is 6.04. The van der Waals surface area contributed by atoms with Crippen molar-refractivity contribution in [2.24, 2.45) is 0 Å². The minimum absolute atomic E-state index is 0.0345. The summed E-state index contributed by atoms with van der Waals surface area (Å²) in [6.07, 6.45) is -3.28. The Kier molecular flexibility index (Phi) is 7.17. The third-order valence-electron chi connectivity index (χ3n) is 5.70. The van der Waals surface area contributed by atoms with Crippen LogP contribution in [0.15, 0.2) is 67.0 Å². The second kappa shape index (κ2) is 10.3. The molecule has 0 aliphatic heterocycles. The highest BCUT2D eigenvalue weighted by Crippen LogP contribution is 2.42. The van der Waals surface area contributed by atoms with Crippen LogP contribution in [0.3, 0.4) is 0 Å². The molecule has 2 heterocycles. The summed E-state index contributed by atoms with van der Waals surface area (Å²) in [6.45, 7) is 3.35. The number of carbonyl (C=O) groups is 2. The summed E-state index contributed by atoms with van der Waals surface area (Å²) >= 11 is 0. The molecule has 0 spiro atoms. The number of hydrogen-bond acceptors (Lipinski definition) is 6. The van der Waals surface area contributed by atoms with Crippen LogP contribution in [0.5, 0.6) is 0 Å². The molecule has 2 amide bonds. The molecule has 0 bridgehead atoms. The van der Waals surface area contributed by atoms with Gasteiger partial charge in [0.25, 0.3) is 11.8 Å². The maximum atomic E-state index is 12.5. The first kappa shape index (κ1) is 26.4. The zero-order chi connectivity index (χ0) is 27.6. The molecule has 38 heavy (non-hydrogen) atoms. The zero-order valence-electron chi connectivity index (χ0n) is 20.1. The number of alkyl halides is 3. The molecule has 0 saturated heterocycles. The van der Waals surface area contributed by atoms with Gasteiger partial charge >= 0.3 is 6.18 Å². The lowest BCUT2D eigenvalue weighted by molar-refractivity contribution is -0.123. The normalized spacial score (nSPS) is 11.4. The number of anilines is 2. The SMILES string of the molecule is C=C(C)C(=O)Nc1ccc(-c2c(-c3ccc(C(=O)NCC(F)(F)F)cc3)c3c(N)ncnn3c2CO)cc1. The number of halogens is 3. The third kappa shape index (κ3) is 5.34. The third-order valence-corrected chi connectivity index (χ3v) is 5.70. The Balaban J connectivity index is 1.81. The van der Waals surface area contributed by atoms with Crippen LogP contribution >= 0.6 is 0 Å². The molecule has 0 aliphatic rings. The molecule has 2 aromatic carbocycles. The fourth-order valence-corrected chi connectivity index (χ4v) is 3.94. The molecule has 0 unspecified atom stereocenters. The number of carbonyl (C=O) groups excluding carboxylic acids is 2. The van der Waals surface area contributed by atoms with Crippen LogP contribution in [0.25, 0.3) is 27.8 Å². The van der Waals surface area contributed by atoms with Gasteiger partial charge in [0, 0.05) is 28.0 Å². The summed E-state index contributed by atoms with van der Waals surface area (Å²) in [5.41, 5.74) is 10.3. The smallest absolute Gasteiger partial charge is 0.390 e. The first-order valence-electron chi connectivity index (χ1n) is 11.3. The molecular formula is C26H23F3N6O3. The minimum Gasteiger partial charge on any atom is -0.390 e. The number of nitrogens with zero attached hydrogens (tertiary/aromatic N) is 3. The number of amides is 2. The Labute approximate surface area is 214 Å². The molecule has 4 aromatic rings. The lowest BCUT2D eigenvalue weighted by atomic mass is 9.94. The lowest BCUT2D eigenvalue weighted by Gasteiger charge is -2.11. The van der Waals surface area contributed by atoms with Crippen molar-refractivity contribution >= 4 is 28.8 Å². The first-order chi connectivity index (χ1) is 18.0. The number of rotatable bonds is 7. The molecular weight excluding hydrogens is 501 g/mol. The summed E-state index contributed by atoms with van der Waals surface area (Å²) in [7, 11) is 0. The van der Waals surface area contributed by atoms with Crippen molar-refractivity contribution in [3.8, 4) is 22.3 Å². The lowest BCUT2D eigenvalue weighted by Crippen LogP contribution is -2.33. The van der Waals surface area contributed by atoms with Crippen LogP contribution in [0.1, 0.15) is 23.0 Å². The highest BCUT2D eigenvalue weighted by atomic mass is 19.4. The molecule has 12 heteroatoms. The van der Waals surface area contributed by atoms with Gasteiger partial charge in [0.05, 0.1) is 12.3 Å². The second-order valence-electron chi connectivity index (χ2n) is 8.45. The number of hydrogen-bond donors (Lipinski definition) is 4. The quantitative estimate of drug-likeness (QED) is 0.271. The van der Waals surface area contributed by atoms with E-state index in [0.717, 1.165) is 0 Å². The number of fused-ring (bicyclic) bond motifs is 1. The fourth-order valence-electron chi connectivity index (χ4n) is 3.94. The van der Waals surface area contributed by atoms with Crippen LogP contribution < -0.4 is 16.4 Å². The van der Waals surface area contributed by atoms with Gasteiger partial charge in [-0.25, -0.2) is 9.50 Å². The van der Waals surface area contributed by atoms with Crippen molar-refractivity contribution < 1.29 is 27.9 Å². The molecule has 2 aromatic heterocycles. The maximum absolute atomic E-state index is 12.5. The summed E-state index contributed by atoms with van der Waals surface area (Å²) in [5.74, 6) is -1.07. The first-order valence-corrected chi connectivity index (χ1v) is 11.3. The van der Waals surface area contributed by atoms with Gasteiger partial charge < -0.3 is 21.5 Å². The van der Waals surface area contributed by atoms with E-state index in [9.17, 15) is 27.9 Å². The molecule has 0 aliphatic carbocycles. The van der Waals surface area contributed by atoms with Crippen molar-refractivity contribution in [2.45, 2.75) is 19.7 Å². The number of nitrogen functional groups attached to an aromatic ring is 1. The van der Waals surface area contributed by atoms with Gasteiger partial charge in [0.2, 0.25) is 0 Å². The number of nitrogens with two attached hydrogens (primary N) is 1. The average Bonchev–Trinajstić information content (AvgIpc) is 3.23. The van der Waals surface area contributed by atoms with E-state index in [1.54, 1.807) is 43.3 Å².